The molecular weight excluding hydrogens is 131 g/mol. The fourth-order valence-corrected chi connectivity index (χ4v) is 0. The number of allylic oxidation sites excluding steroid dienone is 2. The summed E-state index contributed by atoms with van der Waals surface area (Å²) in [6.07, 6.45) is 0. The zero-order chi connectivity index (χ0) is 5.15. The zero-order valence-electron chi connectivity index (χ0n) is 4.49. The number of hydrogen-bond acceptors (Lipinski definition) is 1. The van der Waals surface area contributed by atoms with Gasteiger partial charge in [-0.15, -0.1) is 6.92 Å². The smallest absolute Gasteiger partial charge is 0 e. The van der Waals surface area contributed by atoms with Gasteiger partial charge >= 0.3 is 0 Å². The van der Waals surface area contributed by atoms with Crippen molar-refractivity contribution in [2.45, 2.75) is 13.8 Å². The van der Waals surface area contributed by atoms with Crippen LogP contribution in [0.2, 0.25) is 0 Å². The second-order valence-corrected chi connectivity index (χ2v) is 1.34. The van der Waals surface area contributed by atoms with Gasteiger partial charge in [-0.2, -0.15) is 0 Å². The quantitative estimate of drug-likeness (QED) is 0.272. The summed E-state index contributed by atoms with van der Waals surface area (Å²) in [6.45, 7) is 6.60. The van der Waals surface area contributed by atoms with E-state index in [0.717, 1.165) is 0 Å². The van der Waals surface area contributed by atoms with Crippen molar-refractivity contribution in [2.24, 2.45) is 0 Å². The van der Waals surface area contributed by atoms with Crippen molar-refractivity contribution in [3.63, 3.8) is 0 Å². The molecule has 0 aliphatic heterocycles. The Labute approximate surface area is 54.9 Å². The molecule has 0 aromatic carbocycles. The van der Waals surface area contributed by atoms with E-state index in [-0.39, 0.29) is 22.8 Å². The predicted octanol–water partition coefficient (Wildman–Crippen LogP) is 0.472. The summed E-state index contributed by atoms with van der Waals surface area (Å²) >= 11 is 0. The molecule has 1 nitrogen and oxygen atoms in total. The first-order valence-corrected chi connectivity index (χ1v) is 1.81. The normalized spacial score (nSPS) is 11.7. The minimum absolute atomic E-state index is 0. The minimum atomic E-state index is 0. The van der Waals surface area contributed by atoms with Gasteiger partial charge in [0.05, 0.1) is 0 Å². The van der Waals surface area contributed by atoms with Gasteiger partial charge in [-0.3, -0.25) is 0 Å². The summed E-state index contributed by atoms with van der Waals surface area (Å²) in [5, 5.41) is 10.0. The van der Waals surface area contributed by atoms with Crippen LogP contribution in [0.5, 0.6) is 0 Å². The van der Waals surface area contributed by atoms with Crippen molar-refractivity contribution in [1.29, 1.82) is 0 Å². The Kier molecular flexibility index (Phi) is 5.87. The topological polar surface area (TPSA) is 23.1 Å². The van der Waals surface area contributed by atoms with E-state index in [0.29, 0.717) is 5.57 Å². The third-order valence-corrected chi connectivity index (χ3v) is 0.601. The van der Waals surface area contributed by atoms with Crippen molar-refractivity contribution in [2.75, 3.05) is 0 Å². The molecule has 0 fully saturated rings. The van der Waals surface area contributed by atoms with Crippen LogP contribution in [0.3, 0.4) is 0 Å². The standard InChI is InChI=1S/C5H9O.Mn/c1-4(2)5(3)6;/h6H,1H2,2-3H3;/q-1;/p-1/b5-4+;. The van der Waals surface area contributed by atoms with Crippen LogP contribution in [0, 0.1) is 6.92 Å². The van der Waals surface area contributed by atoms with Crippen LogP contribution < -0.4 is 5.11 Å². The molecule has 0 saturated carbocycles. The predicted molar refractivity (Wildman–Crippen MR) is 23.7 cm³/mol. The van der Waals surface area contributed by atoms with Gasteiger partial charge in [-0.05, 0) is 0 Å². The van der Waals surface area contributed by atoms with Gasteiger partial charge in [0, 0.05) is 17.1 Å². The van der Waals surface area contributed by atoms with E-state index in [2.05, 4.69) is 6.92 Å². The largest absolute Gasteiger partial charge is 0.957 e. The van der Waals surface area contributed by atoms with Crippen molar-refractivity contribution < 1.29 is 22.2 Å². The van der Waals surface area contributed by atoms with Crippen LogP contribution >= 0.6 is 0 Å². The number of hydrogen-bond donors (Lipinski definition) is 0. The molecule has 1 radical (unpaired) electrons. The van der Waals surface area contributed by atoms with Gasteiger partial charge in [0.25, 0.3) is 0 Å². The van der Waals surface area contributed by atoms with Crippen LogP contribution in [-0.4, -0.2) is 0 Å². The monoisotopic (exact) mass is 139 g/mol. The third-order valence-electron chi connectivity index (χ3n) is 0.601. The second-order valence-electron chi connectivity index (χ2n) is 1.34. The molecule has 0 aliphatic carbocycles. The Morgan fingerprint density at radius 2 is 1.57 bits per heavy atom. The molecule has 43 valence electrons. The first-order chi connectivity index (χ1) is 2.64. The summed E-state index contributed by atoms with van der Waals surface area (Å²) in [4.78, 5) is 0. The van der Waals surface area contributed by atoms with E-state index in [9.17, 15) is 5.11 Å². The maximum atomic E-state index is 10.0. The summed E-state index contributed by atoms with van der Waals surface area (Å²) < 4.78 is 0. The number of rotatable bonds is 0. The van der Waals surface area contributed by atoms with E-state index >= 15 is 0 Å². The van der Waals surface area contributed by atoms with E-state index in [1.54, 1.807) is 6.92 Å². The molecule has 0 rings (SSSR count). The molecule has 7 heavy (non-hydrogen) atoms. The van der Waals surface area contributed by atoms with E-state index < -0.39 is 0 Å². The Morgan fingerprint density at radius 3 is 1.57 bits per heavy atom. The van der Waals surface area contributed by atoms with Crippen LogP contribution in [-0.2, 0) is 17.1 Å². The molecule has 0 aromatic rings. The molecular formula is C5H8MnO-2. The van der Waals surface area contributed by atoms with Crippen LogP contribution in [0.15, 0.2) is 11.3 Å². The van der Waals surface area contributed by atoms with E-state index in [1.165, 1.54) is 6.92 Å². The first kappa shape index (κ1) is 10.0. The Hall–Kier alpha value is -0.0705. The van der Waals surface area contributed by atoms with Gasteiger partial charge in [-0.25, -0.2) is 12.5 Å². The van der Waals surface area contributed by atoms with Gasteiger partial charge in [0.15, 0.2) is 0 Å². The molecule has 0 aliphatic rings. The van der Waals surface area contributed by atoms with Crippen LogP contribution in [0.25, 0.3) is 0 Å². The summed E-state index contributed by atoms with van der Waals surface area (Å²) in [7, 11) is 0. The molecule has 0 aromatic heterocycles. The van der Waals surface area contributed by atoms with Crippen LogP contribution in [0.1, 0.15) is 13.8 Å². The third kappa shape index (κ3) is 5.93. The molecule has 0 heterocycles. The Bertz CT molecular complexity index is 58.1. The van der Waals surface area contributed by atoms with Gasteiger partial charge in [0.2, 0.25) is 0 Å². The average Bonchev–Trinajstić information content (AvgIpc) is 1.36. The van der Waals surface area contributed by atoms with Gasteiger partial charge in [0.1, 0.15) is 0 Å². The van der Waals surface area contributed by atoms with Gasteiger partial charge in [-0.1, -0.05) is 6.92 Å². The Morgan fingerprint density at radius 1 is 1.43 bits per heavy atom. The summed E-state index contributed by atoms with van der Waals surface area (Å²) in [5.41, 5.74) is 0.620. The van der Waals surface area contributed by atoms with E-state index in [4.69, 9.17) is 0 Å². The molecule has 0 bridgehead atoms. The molecule has 0 saturated heterocycles. The molecule has 0 spiro atoms. The van der Waals surface area contributed by atoms with Crippen molar-refractivity contribution >= 4 is 0 Å². The second kappa shape index (κ2) is 4.10. The summed E-state index contributed by atoms with van der Waals surface area (Å²) in [5.74, 6) is 0.0648. The molecule has 0 N–H and O–H groups in total. The Balaban J connectivity index is 0. The molecule has 0 unspecified atom stereocenters. The fraction of sp³-hybridized carbons (Fsp3) is 0.400. The fourth-order valence-electron chi connectivity index (χ4n) is 0. The molecule has 0 amide bonds. The first-order valence-electron chi connectivity index (χ1n) is 1.81. The SMILES string of the molecule is [CH2-]/C(C)=C(/C)[O-].[Mn]. The zero-order valence-corrected chi connectivity index (χ0v) is 5.67. The maximum Gasteiger partial charge on any atom is 0 e. The molecule has 0 atom stereocenters. The minimum Gasteiger partial charge on any atom is -0.957 e. The maximum absolute atomic E-state index is 10.0. The van der Waals surface area contributed by atoms with Crippen LogP contribution in [0.4, 0.5) is 0 Å². The summed E-state index contributed by atoms with van der Waals surface area (Å²) in [6, 6.07) is 0. The van der Waals surface area contributed by atoms with E-state index in [1.807, 2.05) is 0 Å². The van der Waals surface area contributed by atoms with Crippen molar-refractivity contribution in [3.8, 4) is 0 Å². The van der Waals surface area contributed by atoms with Gasteiger partial charge < -0.3 is 10.9 Å². The molecule has 2 heteroatoms. The van der Waals surface area contributed by atoms with Crippen molar-refractivity contribution in [3.05, 3.63) is 18.3 Å². The average molecular weight is 139 g/mol. The van der Waals surface area contributed by atoms with Crippen molar-refractivity contribution in [1.82, 2.24) is 0 Å².